The molecule has 162 valence electrons. The molecule has 0 atom stereocenters. The van der Waals surface area contributed by atoms with Crippen molar-refractivity contribution in [3.8, 4) is 0 Å². The zero-order valence-corrected chi connectivity index (χ0v) is 18.1. The minimum atomic E-state index is -3.79. The summed E-state index contributed by atoms with van der Waals surface area (Å²) in [4.78, 5) is 37.8. The molecule has 3 aromatic rings. The van der Waals surface area contributed by atoms with Crippen LogP contribution in [0.1, 0.15) is 31.1 Å². The number of hydrogen-bond acceptors (Lipinski definition) is 5. The molecule has 1 heterocycles. The summed E-state index contributed by atoms with van der Waals surface area (Å²) in [6, 6.07) is 18.7. The van der Waals surface area contributed by atoms with Crippen LogP contribution in [0.5, 0.6) is 0 Å². The lowest BCUT2D eigenvalue weighted by Gasteiger charge is -2.19. The van der Waals surface area contributed by atoms with Crippen molar-refractivity contribution < 1.29 is 22.8 Å². The summed E-state index contributed by atoms with van der Waals surface area (Å²) in [5.74, 6) is -1.30. The number of para-hydroxylation sites is 1. The molecule has 3 aromatic carbocycles. The highest BCUT2D eigenvalue weighted by Gasteiger charge is 2.32. The first-order chi connectivity index (χ1) is 15.2. The van der Waals surface area contributed by atoms with Gasteiger partial charge in [0.15, 0.2) is 0 Å². The minimum Gasteiger partial charge on any atom is -0.322 e. The summed E-state index contributed by atoms with van der Waals surface area (Å²) >= 11 is 0. The summed E-state index contributed by atoms with van der Waals surface area (Å²) in [5.41, 5.74) is 1.62. The molecule has 0 bridgehead atoms. The molecule has 0 saturated heterocycles. The Kier molecular flexibility index (Phi) is 5.27. The van der Waals surface area contributed by atoms with Gasteiger partial charge >= 0.3 is 0 Å². The van der Waals surface area contributed by atoms with Crippen molar-refractivity contribution in [1.82, 2.24) is 4.90 Å². The molecule has 1 aliphatic rings. The number of carbonyl (C=O) groups is 3. The molecule has 3 amide bonds. The minimum absolute atomic E-state index is 0.0464. The van der Waals surface area contributed by atoms with E-state index < -0.39 is 21.8 Å². The third-order valence-electron chi connectivity index (χ3n) is 5.24. The maximum atomic E-state index is 12.9. The number of imide groups is 1. The molecule has 0 aliphatic carbocycles. The number of rotatable bonds is 5. The lowest BCUT2D eigenvalue weighted by molar-refractivity contribution is 0.0692. The zero-order valence-electron chi connectivity index (χ0n) is 17.3. The second-order valence-electron chi connectivity index (χ2n) is 7.22. The van der Waals surface area contributed by atoms with Gasteiger partial charge in [0.2, 0.25) is 0 Å². The van der Waals surface area contributed by atoms with Crippen LogP contribution >= 0.6 is 0 Å². The van der Waals surface area contributed by atoms with E-state index in [-0.39, 0.29) is 27.5 Å². The van der Waals surface area contributed by atoms with Crippen molar-refractivity contribution in [1.29, 1.82) is 0 Å². The van der Waals surface area contributed by atoms with Gasteiger partial charge in [-0.2, -0.15) is 0 Å². The SMILES string of the molecule is CN1C(=O)c2ccc(NC(=O)c3ccc(S(=O)(=O)N(C)c4ccccc4)cc3)cc2C1=O. The van der Waals surface area contributed by atoms with Gasteiger partial charge in [-0.05, 0) is 54.6 Å². The van der Waals surface area contributed by atoms with Gasteiger partial charge in [0.1, 0.15) is 0 Å². The van der Waals surface area contributed by atoms with E-state index in [1.165, 1.54) is 60.9 Å². The first-order valence-electron chi connectivity index (χ1n) is 9.62. The summed E-state index contributed by atoms with van der Waals surface area (Å²) in [5, 5.41) is 2.66. The van der Waals surface area contributed by atoms with E-state index in [2.05, 4.69) is 5.32 Å². The van der Waals surface area contributed by atoms with E-state index in [1.54, 1.807) is 30.3 Å². The third kappa shape index (κ3) is 3.63. The van der Waals surface area contributed by atoms with Crippen LogP contribution in [0.2, 0.25) is 0 Å². The maximum absolute atomic E-state index is 12.9. The first kappa shape index (κ1) is 21.3. The van der Waals surface area contributed by atoms with Crippen LogP contribution in [0.4, 0.5) is 11.4 Å². The molecule has 0 aromatic heterocycles. The Bertz CT molecular complexity index is 1340. The van der Waals surface area contributed by atoms with Crippen LogP contribution in [0.25, 0.3) is 0 Å². The Morgan fingerprint density at radius 3 is 2.16 bits per heavy atom. The van der Waals surface area contributed by atoms with E-state index in [4.69, 9.17) is 0 Å². The number of nitrogens with one attached hydrogen (secondary N) is 1. The van der Waals surface area contributed by atoms with E-state index in [9.17, 15) is 22.8 Å². The van der Waals surface area contributed by atoms with Crippen molar-refractivity contribution in [2.45, 2.75) is 4.90 Å². The molecule has 0 spiro atoms. The molecular formula is C23H19N3O5S. The van der Waals surface area contributed by atoms with Gasteiger partial charge in [0.25, 0.3) is 27.7 Å². The number of carbonyl (C=O) groups excluding carboxylic acids is 3. The molecule has 32 heavy (non-hydrogen) atoms. The number of fused-ring (bicyclic) bond motifs is 1. The standard InChI is InChI=1S/C23H19N3O5S/c1-25-22(28)19-13-10-16(14-20(19)23(25)29)24-21(27)15-8-11-18(12-9-15)32(30,31)26(2)17-6-4-3-5-7-17/h3-14H,1-2H3,(H,24,27). The summed E-state index contributed by atoms with van der Waals surface area (Å²) in [6.07, 6.45) is 0. The van der Waals surface area contributed by atoms with Crippen LogP contribution in [-0.4, -0.2) is 45.1 Å². The molecule has 0 radical (unpaired) electrons. The lowest BCUT2D eigenvalue weighted by Crippen LogP contribution is -2.26. The van der Waals surface area contributed by atoms with Crippen molar-refractivity contribution >= 4 is 39.1 Å². The Balaban J connectivity index is 1.52. The Morgan fingerprint density at radius 1 is 0.875 bits per heavy atom. The monoisotopic (exact) mass is 449 g/mol. The molecule has 0 saturated carbocycles. The van der Waals surface area contributed by atoms with Gasteiger partial charge in [-0.1, -0.05) is 18.2 Å². The van der Waals surface area contributed by atoms with Crippen LogP contribution < -0.4 is 9.62 Å². The third-order valence-corrected chi connectivity index (χ3v) is 7.04. The van der Waals surface area contributed by atoms with Gasteiger partial charge < -0.3 is 5.32 Å². The number of amides is 3. The topological polar surface area (TPSA) is 104 Å². The smallest absolute Gasteiger partial charge is 0.264 e. The molecule has 4 rings (SSSR count). The second kappa shape index (κ2) is 7.93. The highest BCUT2D eigenvalue weighted by molar-refractivity contribution is 7.92. The van der Waals surface area contributed by atoms with Gasteiger partial charge in [0, 0.05) is 25.3 Å². The van der Waals surface area contributed by atoms with Crippen LogP contribution in [0.15, 0.2) is 77.7 Å². The van der Waals surface area contributed by atoms with Crippen molar-refractivity contribution in [2.24, 2.45) is 0 Å². The van der Waals surface area contributed by atoms with E-state index in [1.807, 2.05) is 0 Å². The van der Waals surface area contributed by atoms with Crippen molar-refractivity contribution in [3.05, 3.63) is 89.5 Å². The van der Waals surface area contributed by atoms with Gasteiger partial charge in [-0.25, -0.2) is 8.42 Å². The van der Waals surface area contributed by atoms with Crippen molar-refractivity contribution in [3.63, 3.8) is 0 Å². The van der Waals surface area contributed by atoms with Gasteiger partial charge in [0.05, 0.1) is 21.7 Å². The number of benzene rings is 3. The largest absolute Gasteiger partial charge is 0.322 e. The fraction of sp³-hybridized carbons (Fsp3) is 0.0870. The fourth-order valence-corrected chi connectivity index (χ4v) is 4.55. The number of nitrogens with zero attached hydrogens (tertiary/aromatic N) is 2. The Labute approximate surface area is 185 Å². The normalized spacial score (nSPS) is 13.1. The molecule has 1 N–H and O–H groups in total. The second-order valence-corrected chi connectivity index (χ2v) is 9.19. The van der Waals surface area contributed by atoms with Crippen LogP contribution in [-0.2, 0) is 10.0 Å². The Hall–Kier alpha value is -3.98. The van der Waals surface area contributed by atoms with Crippen LogP contribution in [0, 0.1) is 0 Å². The molecule has 9 heteroatoms. The van der Waals surface area contributed by atoms with Crippen molar-refractivity contribution in [2.75, 3.05) is 23.7 Å². The molecular weight excluding hydrogens is 430 g/mol. The average molecular weight is 449 g/mol. The van der Waals surface area contributed by atoms with E-state index >= 15 is 0 Å². The highest BCUT2D eigenvalue weighted by Crippen LogP contribution is 2.26. The average Bonchev–Trinajstić information content (AvgIpc) is 3.02. The van der Waals surface area contributed by atoms with Crippen LogP contribution in [0.3, 0.4) is 0 Å². The highest BCUT2D eigenvalue weighted by atomic mass is 32.2. The van der Waals surface area contributed by atoms with E-state index in [0.717, 1.165) is 4.90 Å². The molecule has 0 fully saturated rings. The number of anilines is 2. The van der Waals surface area contributed by atoms with E-state index in [0.29, 0.717) is 11.4 Å². The summed E-state index contributed by atoms with van der Waals surface area (Å²) in [7, 11) is -0.932. The number of hydrogen-bond donors (Lipinski definition) is 1. The lowest BCUT2D eigenvalue weighted by atomic mass is 10.1. The van der Waals surface area contributed by atoms with Gasteiger partial charge in [-0.3, -0.25) is 23.6 Å². The molecule has 8 nitrogen and oxygen atoms in total. The number of sulfonamides is 1. The fourth-order valence-electron chi connectivity index (χ4n) is 3.36. The summed E-state index contributed by atoms with van der Waals surface area (Å²) < 4.78 is 26.9. The zero-order chi connectivity index (χ0) is 23.0. The Morgan fingerprint density at radius 2 is 1.50 bits per heavy atom. The summed E-state index contributed by atoms with van der Waals surface area (Å²) in [6.45, 7) is 0. The first-order valence-corrected chi connectivity index (χ1v) is 11.1. The molecule has 1 aliphatic heterocycles. The predicted octanol–water partition coefficient (Wildman–Crippen LogP) is 2.99. The maximum Gasteiger partial charge on any atom is 0.264 e. The van der Waals surface area contributed by atoms with Gasteiger partial charge in [-0.15, -0.1) is 0 Å². The molecule has 0 unspecified atom stereocenters. The predicted molar refractivity (Wildman–Crippen MR) is 119 cm³/mol. The quantitative estimate of drug-likeness (QED) is 0.603.